The Balaban J connectivity index is 2.27. The molecule has 0 saturated heterocycles. The van der Waals surface area contributed by atoms with Crippen molar-refractivity contribution in [1.82, 2.24) is 0 Å². The zero-order valence-corrected chi connectivity index (χ0v) is 9.75. The molecule has 0 fully saturated rings. The number of hydrogen-bond acceptors (Lipinski definition) is 3. The van der Waals surface area contributed by atoms with Crippen molar-refractivity contribution in [3.8, 4) is 11.5 Å². The number of hydrogen-bond donors (Lipinski definition) is 0. The second-order valence-corrected chi connectivity index (χ2v) is 4.16. The van der Waals surface area contributed by atoms with Gasteiger partial charge in [0.05, 0.1) is 4.47 Å². The van der Waals surface area contributed by atoms with Gasteiger partial charge >= 0.3 is 0 Å². The Bertz CT molecular complexity index is 376. The fourth-order valence-corrected chi connectivity index (χ4v) is 2.14. The SMILES string of the molecule is O=CCCc1cc(Br)c2c(c1)OCCO2. The summed E-state index contributed by atoms with van der Waals surface area (Å²) in [7, 11) is 0. The molecular formula is C11H11BrO3. The molecule has 0 aliphatic carbocycles. The van der Waals surface area contributed by atoms with Gasteiger partial charge in [0.25, 0.3) is 0 Å². The first-order chi connectivity index (χ1) is 7.31. The van der Waals surface area contributed by atoms with Gasteiger partial charge in [-0.1, -0.05) is 0 Å². The molecule has 0 amide bonds. The van der Waals surface area contributed by atoms with Gasteiger partial charge < -0.3 is 14.3 Å². The highest BCUT2D eigenvalue weighted by molar-refractivity contribution is 9.10. The number of benzene rings is 1. The van der Waals surface area contributed by atoms with Crippen LogP contribution in [0.5, 0.6) is 11.5 Å². The number of ether oxygens (including phenoxy) is 2. The molecule has 3 nitrogen and oxygen atoms in total. The number of aldehydes is 1. The Morgan fingerprint density at radius 1 is 1.33 bits per heavy atom. The van der Waals surface area contributed by atoms with Crippen LogP contribution in [0.2, 0.25) is 0 Å². The largest absolute Gasteiger partial charge is 0.486 e. The molecule has 15 heavy (non-hydrogen) atoms. The zero-order valence-electron chi connectivity index (χ0n) is 8.16. The van der Waals surface area contributed by atoms with Crippen molar-refractivity contribution in [3.05, 3.63) is 22.2 Å². The van der Waals surface area contributed by atoms with Crippen LogP contribution in [0.15, 0.2) is 16.6 Å². The minimum atomic E-state index is 0.534. The number of carbonyl (C=O) groups excluding carboxylic acids is 1. The van der Waals surface area contributed by atoms with Crippen LogP contribution in [0.4, 0.5) is 0 Å². The van der Waals surface area contributed by atoms with Crippen molar-refractivity contribution >= 4 is 22.2 Å². The molecule has 0 spiro atoms. The molecule has 0 N–H and O–H groups in total. The highest BCUT2D eigenvalue weighted by Crippen LogP contribution is 2.38. The van der Waals surface area contributed by atoms with Crippen molar-refractivity contribution in [2.24, 2.45) is 0 Å². The maximum Gasteiger partial charge on any atom is 0.175 e. The van der Waals surface area contributed by atoms with Crippen LogP contribution < -0.4 is 9.47 Å². The van der Waals surface area contributed by atoms with E-state index in [-0.39, 0.29) is 0 Å². The summed E-state index contributed by atoms with van der Waals surface area (Å²) in [4.78, 5) is 10.3. The van der Waals surface area contributed by atoms with Crippen molar-refractivity contribution in [1.29, 1.82) is 0 Å². The molecule has 0 radical (unpaired) electrons. The van der Waals surface area contributed by atoms with Crippen LogP contribution in [-0.4, -0.2) is 19.5 Å². The Labute approximate surface area is 96.5 Å². The molecule has 0 saturated carbocycles. The lowest BCUT2D eigenvalue weighted by molar-refractivity contribution is -0.107. The predicted octanol–water partition coefficient (Wildman–Crippen LogP) is 2.35. The van der Waals surface area contributed by atoms with Gasteiger partial charge in [-0.25, -0.2) is 0 Å². The van der Waals surface area contributed by atoms with Gasteiger partial charge in [-0.15, -0.1) is 0 Å². The van der Waals surface area contributed by atoms with E-state index in [9.17, 15) is 4.79 Å². The van der Waals surface area contributed by atoms with Gasteiger partial charge in [0.15, 0.2) is 11.5 Å². The van der Waals surface area contributed by atoms with Crippen LogP contribution in [0, 0.1) is 0 Å². The summed E-state index contributed by atoms with van der Waals surface area (Å²) in [6.07, 6.45) is 2.19. The lowest BCUT2D eigenvalue weighted by Gasteiger charge is -2.20. The summed E-state index contributed by atoms with van der Waals surface area (Å²) in [6, 6.07) is 3.90. The van der Waals surface area contributed by atoms with Crippen molar-refractivity contribution in [2.75, 3.05) is 13.2 Å². The molecule has 0 aromatic heterocycles. The van der Waals surface area contributed by atoms with E-state index in [0.29, 0.717) is 19.6 Å². The summed E-state index contributed by atoms with van der Waals surface area (Å²) in [5.41, 5.74) is 1.08. The maximum absolute atomic E-state index is 10.3. The summed E-state index contributed by atoms with van der Waals surface area (Å²) in [5.74, 6) is 1.52. The standard InChI is InChI=1S/C11H11BrO3/c12-9-6-8(2-1-3-13)7-10-11(9)15-5-4-14-10/h3,6-7H,1-2,4-5H2. The van der Waals surface area contributed by atoms with E-state index in [4.69, 9.17) is 9.47 Å². The summed E-state index contributed by atoms with van der Waals surface area (Å²) in [5, 5.41) is 0. The molecular weight excluding hydrogens is 260 g/mol. The van der Waals surface area contributed by atoms with Crippen molar-refractivity contribution < 1.29 is 14.3 Å². The van der Waals surface area contributed by atoms with Crippen LogP contribution in [-0.2, 0) is 11.2 Å². The van der Waals surface area contributed by atoms with E-state index in [0.717, 1.165) is 34.2 Å². The number of halogens is 1. The molecule has 1 aliphatic rings. The average molecular weight is 271 g/mol. The first-order valence-electron chi connectivity index (χ1n) is 4.83. The van der Waals surface area contributed by atoms with E-state index in [1.165, 1.54) is 0 Å². The lowest BCUT2D eigenvalue weighted by atomic mass is 10.1. The lowest BCUT2D eigenvalue weighted by Crippen LogP contribution is -2.15. The molecule has 1 aromatic rings. The van der Waals surface area contributed by atoms with E-state index < -0.39 is 0 Å². The van der Waals surface area contributed by atoms with E-state index in [1.54, 1.807) is 0 Å². The first kappa shape index (κ1) is 10.5. The van der Waals surface area contributed by atoms with Crippen LogP contribution in [0.1, 0.15) is 12.0 Å². The minimum absolute atomic E-state index is 0.534. The third kappa shape index (κ3) is 2.31. The molecule has 0 atom stereocenters. The fraction of sp³-hybridized carbons (Fsp3) is 0.364. The topological polar surface area (TPSA) is 35.5 Å². The Hall–Kier alpha value is -1.03. The van der Waals surface area contributed by atoms with Gasteiger partial charge in [0.2, 0.25) is 0 Å². The van der Waals surface area contributed by atoms with Gasteiger partial charge in [0.1, 0.15) is 19.5 Å². The number of fused-ring (bicyclic) bond motifs is 1. The van der Waals surface area contributed by atoms with Gasteiger partial charge in [-0.3, -0.25) is 0 Å². The second-order valence-electron chi connectivity index (χ2n) is 3.31. The number of aryl methyl sites for hydroxylation is 1. The summed E-state index contributed by atoms with van der Waals surface area (Å²) >= 11 is 3.43. The quantitative estimate of drug-likeness (QED) is 0.791. The van der Waals surface area contributed by atoms with Crippen molar-refractivity contribution in [3.63, 3.8) is 0 Å². The molecule has 1 heterocycles. The predicted molar refractivity (Wildman–Crippen MR) is 59.5 cm³/mol. The van der Waals surface area contributed by atoms with Gasteiger partial charge in [-0.2, -0.15) is 0 Å². The molecule has 4 heteroatoms. The molecule has 0 bridgehead atoms. The zero-order chi connectivity index (χ0) is 10.7. The number of rotatable bonds is 3. The number of carbonyl (C=O) groups is 1. The Morgan fingerprint density at radius 3 is 2.93 bits per heavy atom. The highest BCUT2D eigenvalue weighted by Gasteiger charge is 2.15. The van der Waals surface area contributed by atoms with Gasteiger partial charge in [0, 0.05) is 6.42 Å². The third-order valence-corrected chi connectivity index (χ3v) is 2.80. The van der Waals surface area contributed by atoms with Crippen LogP contribution >= 0.6 is 15.9 Å². The smallest absolute Gasteiger partial charge is 0.175 e. The van der Waals surface area contributed by atoms with E-state index >= 15 is 0 Å². The average Bonchev–Trinajstić information content (AvgIpc) is 2.26. The molecule has 0 unspecified atom stereocenters. The first-order valence-corrected chi connectivity index (χ1v) is 5.62. The van der Waals surface area contributed by atoms with Gasteiger partial charge in [-0.05, 0) is 40.0 Å². The molecule has 80 valence electrons. The van der Waals surface area contributed by atoms with E-state index in [1.807, 2.05) is 12.1 Å². The summed E-state index contributed by atoms with van der Waals surface area (Å²) < 4.78 is 11.8. The Morgan fingerprint density at radius 2 is 2.13 bits per heavy atom. The van der Waals surface area contributed by atoms with E-state index in [2.05, 4.69) is 15.9 Å². The van der Waals surface area contributed by atoms with Crippen LogP contribution in [0.25, 0.3) is 0 Å². The molecule has 2 rings (SSSR count). The normalized spacial score (nSPS) is 13.7. The monoisotopic (exact) mass is 270 g/mol. The molecule has 1 aliphatic heterocycles. The summed E-state index contributed by atoms with van der Waals surface area (Å²) in [6.45, 7) is 1.16. The Kier molecular flexibility index (Phi) is 3.26. The van der Waals surface area contributed by atoms with Crippen LogP contribution in [0.3, 0.4) is 0 Å². The third-order valence-electron chi connectivity index (χ3n) is 2.21. The maximum atomic E-state index is 10.3. The minimum Gasteiger partial charge on any atom is -0.486 e. The fourth-order valence-electron chi connectivity index (χ4n) is 1.53. The molecule has 1 aromatic carbocycles. The second kappa shape index (κ2) is 4.66. The van der Waals surface area contributed by atoms with Crippen molar-refractivity contribution in [2.45, 2.75) is 12.8 Å². The highest BCUT2D eigenvalue weighted by atomic mass is 79.9.